The SMILES string of the molecule is COc1cc(C(N)c2ccn(C)n2)cc(OC)c1OC. The Morgan fingerprint density at radius 3 is 2.10 bits per heavy atom. The monoisotopic (exact) mass is 277 g/mol. The molecule has 108 valence electrons. The zero-order chi connectivity index (χ0) is 14.7. The van der Waals surface area contributed by atoms with E-state index in [0.29, 0.717) is 17.2 Å². The minimum Gasteiger partial charge on any atom is -0.493 e. The van der Waals surface area contributed by atoms with Gasteiger partial charge < -0.3 is 19.9 Å². The van der Waals surface area contributed by atoms with E-state index >= 15 is 0 Å². The van der Waals surface area contributed by atoms with Gasteiger partial charge in [-0.1, -0.05) is 0 Å². The average Bonchev–Trinajstić information content (AvgIpc) is 2.91. The molecular weight excluding hydrogens is 258 g/mol. The van der Waals surface area contributed by atoms with Crippen LogP contribution in [0.3, 0.4) is 0 Å². The van der Waals surface area contributed by atoms with Gasteiger partial charge in [0.1, 0.15) is 0 Å². The van der Waals surface area contributed by atoms with Crippen molar-refractivity contribution in [1.82, 2.24) is 9.78 Å². The normalized spacial score (nSPS) is 12.1. The molecule has 0 bridgehead atoms. The van der Waals surface area contributed by atoms with Crippen LogP contribution in [0.1, 0.15) is 17.3 Å². The molecule has 6 heteroatoms. The van der Waals surface area contributed by atoms with Gasteiger partial charge in [-0.05, 0) is 23.8 Å². The van der Waals surface area contributed by atoms with Crippen LogP contribution in [0.4, 0.5) is 0 Å². The van der Waals surface area contributed by atoms with Crippen LogP contribution in [0.2, 0.25) is 0 Å². The number of nitrogens with two attached hydrogens (primary N) is 1. The predicted octanol–water partition coefficient (Wildman–Crippen LogP) is 1.49. The average molecular weight is 277 g/mol. The molecule has 2 N–H and O–H groups in total. The van der Waals surface area contributed by atoms with Crippen molar-refractivity contribution in [3.05, 3.63) is 35.7 Å². The van der Waals surface area contributed by atoms with Crippen LogP contribution in [0, 0.1) is 0 Å². The molecule has 0 amide bonds. The first-order valence-electron chi connectivity index (χ1n) is 6.15. The minimum atomic E-state index is -0.357. The summed E-state index contributed by atoms with van der Waals surface area (Å²) in [4.78, 5) is 0. The van der Waals surface area contributed by atoms with Crippen molar-refractivity contribution in [3.63, 3.8) is 0 Å². The molecule has 2 aromatic rings. The van der Waals surface area contributed by atoms with E-state index in [1.807, 2.05) is 31.4 Å². The maximum atomic E-state index is 6.24. The number of aromatic nitrogens is 2. The van der Waals surface area contributed by atoms with E-state index in [0.717, 1.165) is 11.3 Å². The van der Waals surface area contributed by atoms with E-state index in [1.165, 1.54) is 0 Å². The molecule has 1 aromatic carbocycles. The van der Waals surface area contributed by atoms with Crippen molar-refractivity contribution in [2.45, 2.75) is 6.04 Å². The second-order valence-electron chi connectivity index (χ2n) is 4.35. The molecule has 1 aromatic heterocycles. The summed E-state index contributed by atoms with van der Waals surface area (Å²) in [6.45, 7) is 0. The first-order valence-corrected chi connectivity index (χ1v) is 6.15. The number of benzene rings is 1. The van der Waals surface area contributed by atoms with Crippen molar-refractivity contribution < 1.29 is 14.2 Å². The molecule has 0 spiro atoms. The lowest BCUT2D eigenvalue weighted by Gasteiger charge is -2.16. The van der Waals surface area contributed by atoms with Gasteiger partial charge in [0, 0.05) is 13.2 Å². The fourth-order valence-corrected chi connectivity index (χ4v) is 2.05. The van der Waals surface area contributed by atoms with Crippen LogP contribution in [-0.2, 0) is 7.05 Å². The number of hydrogen-bond acceptors (Lipinski definition) is 5. The topological polar surface area (TPSA) is 71.5 Å². The molecule has 6 nitrogen and oxygen atoms in total. The standard InChI is InChI=1S/C14H19N3O3/c1-17-6-5-10(16-17)13(15)9-7-11(18-2)14(20-4)12(8-9)19-3/h5-8,13H,15H2,1-4H3. The Labute approximate surface area is 118 Å². The van der Waals surface area contributed by atoms with Crippen molar-refractivity contribution in [2.75, 3.05) is 21.3 Å². The van der Waals surface area contributed by atoms with Crippen LogP contribution in [0.5, 0.6) is 17.2 Å². The van der Waals surface area contributed by atoms with Gasteiger partial charge in [-0.15, -0.1) is 0 Å². The first kappa shape index (κ1) is 14.2. The summed E-state index contributed by atoms with van der Waals surface area (Å²) >= 11 is 0. The van der Waals surface area contributed by atoms with Crippen LogP contribution in [-0.4, -0.2) is 31.1 Å². The van der Waals surface area contributed by atoms with Crippen molar-refractivity contribution in [1.29, 1.82) is 0 Å². The second kappa shape index (κ2) is 5.83. The number of rotatable bonds is 5. The second-order valence-corrected chi connectivity index (χ2v) is 4.35. The van der Waals surface area contributed by atoms with Crippen LogP contribution in [0.15, 0.2) is 24.4 Å². The number of aryl methyl sites for hydroxylation is 1. The lowest BCUT2D eigenvalue weighted by molar-refractivity contribution is 0.323. The Hall–Kier alpha value is -2.21. The van der Waals surface area contributed by atoms with Crippen LogP contribution in [0.25, 0.3) is 0 Å². The van der Waals surface area contributed by atoms with Gasteiger partial charge in [-0.2, -0.15) is 5.10 Å². The van der Waals surface area contributed by atoms with E-state index in [2.05, 4.69) is 5.10 Å². The molecule has 20 heavy (non-hydrogen) atoms. The number of hydrogen-bond donors (Lipinski definition) is 1. The summed E-state index contributed by atoms with van der Waals surface area (Å²) < 4.78 is 17.7. The third kappa shape index (κ3) is 2.55. The highest BCUT2D eigenvalue weighted by Crippen LogP contribution is 2.40. The highest BCUT2D eigenvalue weighted by molar-refractivity contribution is 5.55. The van der Waals surface area contributed by atoms with Gasteiger partial charge in [-0.25, -0.2) is 0 Å². The Morgan fingerprint density at radius 1 is 1.10 bits per heavy atom. The molecule has 0 aliphatic rings. The molecule has 0 fully saturated rings. The number of nitrogens with zero attached hydrogens (tertiary/aromatic N) is 2. The maximum Gasteiger partial charge on any atom is 0.203 e. The molecule has 0 aliphatic heterocycles. The Bertz CT molecular complexity index is 570. The molecule has 2 rings (SSSR count). The molecule has 0 saturated heterocycles. The molecule has 1 heterocycles. The Morgan fingerprint density at radius 2 is 1.70 bits per heavy atom. The fourth-order valence-electron chi connectivity index (χ4n) is 2.05. The molecule has 0 radical (unpaired) electrons. The summed E-state index contributed by atoms with van der Waals surface area (Å²) in [5.74, 6) is 1.70. The lowest BCUT2D eigenvalue weighted by Crippen LogP contribution is -2.13. The molecule has 1 unspecified atom stereocenters. The highest BCUT2D eigenvalue weighted by Gasteiger charge is 2.18. The quantitative estimate of drug-likeness (QED) is 0.896. The highest BCUT2D eigenvalue weighted by atomic mass is 16.5. The largest absolute Gasteiger partial charge is 0.493 e. The molecule has 0 saturated carbocycles. The van der Waals surface area contributed by atoms with E-state index in [1.54, 1.807) is 26.0 Å². The Balaban J connectivity index is 2.46. The van der Waals surface area contributed by atoms with Crippen LogP contribution >= 0.6 is 0 Å². The van der Waals surface area contributed by atoms with Gasteiger partial charge in [0.15, 0.2) is 11.5 Å². The van der Waals surface area contributed by atoms with Gasteiger partial charge in [0.25, 0.3) is 0 Å². The molecule has 0 aliphatic carbocycles. The van der Waals surface area contributed by atoms with Gasteiger partial charge in [0.05, 0.1) is 33.1 Å². The van der Waals surface area contributed by atoms with Gasteiger partial charge in [-0.3, -0.25) is 4.68 Å². The lowest BCUT2D eigenvalue weighted by atomic mass is 10.0. The molecule has 1 atom stereocenters. The van der Waals surface area contributed by atoms with Gasteiger partial charge >= 0.3 is 0 Å². The smallest absolute Gasteiger partial charge is 0.203 e. The van der Waals surface area contributed by atoms with E-state index < -0.39 is 0 Å². The summed E-state index contributed by atoms with van der Waals surface area (Å²) in [6, 6.07) is 5.19. The Kier molecular flexibility index (Phi) is 4.14. The maximum absolute atomic E-state index is 6.24. The number of methoxy groups -OCH3 is 3. The van der Waals surface area contributed by atoms with Crippen molar-refractivity contribution in [3.8, 4) is 17.2 Å². The fraction of sp³-hybridized carbons (Fsp3) is 0.357. The predicted molar refractivity (Wildman–Crippen MR) is 75.3 cm³/mol. The summed E-state index contributed by atoms with van der Waals surface area (Å²) in [7, 11) is 6.57. The zero-order valence-electron chi connectivity index (χ0n) is 12.1. The van der Waals surface area contributed by atoms with E-state index in [4.69, 9.17) is 19.9 Å². The third-order valence-corrected chi connectivity index (χ3v) is 3.10. The van der Waals surface area contributed by atoms with Crippen molar-refractivity contribution in [2.24, 2.45) is 12.8 Å². The summed E-state index contributed by atoms with van der Waals surface area (Å²) in [6.07, 6.45) is 1.85. The number of ether oxygens (including phenoxy) is 3. The third-order valence-electron chi connectivity index (χ3n) is 3.10. The van der Waals surface area contributed by atoms with Crippen LogP contribution < -0.4 is 19.9 Å². The molecular formula is C14H19N3O3. The van der Waals surface area contributed by atoms with E-state index in [-0.39, 0.29) is 6.04 Å². The van der Waals surface area contributed by atoms with Crippen molar-refractivity contribution >= 4 is 0 Å². The summed E-state index contributed by atoms with van der Waals surface area (Å²) in [5.41, 5.74) is 7.87. The zero-order valence-corrected chi connectivity index (χ0v) is 12.1. The van der Waals surface area contributed by atoms with E-state index in [9.17, 15) is 0 Å². The minimum absolute atomic E-state index is 0.357. The van der Waals surface area contributed by atoms with Gasteiger partial charge in [0.2, 0.25) is 5.75 Å². The summed E-state index contributed by atoms with van der Waals surface area (Å²) in [5, 5.41) is 4.32. The first-order chi connectivity index (χ1) is 9.60.